The van der Waals surface area contributed by atoms with Gasteiger partial charge >= 0.3 is 0 Å². The number of ether oxygens (including phenoxy) is 1. The van der Waals surface area contributed by atoms with Gasteiger partial charge in [-0.1, -0.05) is 33.8 Å². The maximum Gasteiger partial charge on any atom is 0.119 e. The van der Waals surface area contributed by atoms with E-state index in [-0.39, 0.29) is 5.41 Å². The fraction of sp³-hybridized carbons (Fsp3) is 0.471. The molecule has 20 heavy (non-hydrogen) atoms. The zero-order valence-corrected chi connectivity index (χ0v) is 13.2. The van der Waals surface area contributed by atoms with Crippen molar-refractivity contribution in [3.8, 4) is 5.75 Å². The first kappa shape index (κ1) is 16.3. The summed E-state index contributed by atoms with van der Waals surface area (Å²) < 4.78 is 5.43. The van der Waals surface area contributed by atoms with Gasteiger partial charge in [0.15, 0.2) is 0 Å². The van der Waals surface area contributed by atoms with E-state index in [1.807, 2.05) is 37.4 Å². The molecular formula is C17H26N2O. The molecule has 0 heterocycles. The number of anilines is 1. The first-order valence-electron chi connectivity index (χ1n) is 7.12. The number of hydrogen-bond acceptors (Lipinski definition) is 2. The molecule has 0 unspecified atom stereocenters. The maximum absolute atomic E-state index is 7.57. The van der Waals surface area contributed by atoms with Gasteiger partial charge in [0, 0.05) is 11.9 Å². The molecule has 0 saturated heterocycles. The summed E-state index contributed by atoms with van der Waals surface area (Å²) >= 11 is 0. The zero-order chi connectivity index (χ0) is 15.2. The Balaban J connectivity index is 2.86. The van der Waals surface area contributed by atoms with E-state index in [4.69, 9.17) is 10.1 Å². The molecular weight excluding hydrogens is 248 g/mol. The van der Waals surface area contributed by atoms with E-state index in [0.717, 1.165) is 11.4 Å². The molecule has 1 rings (SSSR count). The predicted octanol–water partition coefficient (Wildman–Crippen LogP) is 4.69. The monoisotopic (exact) mass is 274 g/mol. The highest BCUT2D eigenvalue weighted by molar-refractivity contribution is 5.79. The number of benzene rings is 1. The molecule has 0 aromatic heterocycles. The molecule has 0 radical (unpaired) electrons. The fourth-order valence-corrected chi connectivity index (χ4v) is 1.55. The van der Waals surface area contributed by atoms with E-state index in [1.54, 1.807) is 4.90 Å². The molecule has 0 atom stereocenters. The first-order chi connectivity index (χ1) is 9.40. The molecule has 3 nitrogen and oxygen atoms in total. The summed E-state index contributed by atoms with van der Waals surface area (Å²) in [5.41, 5.74) is 1.06. The number of rotatable bonds is 7. The summed E-state index contributed by atoms with van der Waals surface area (Å²) in [5.74, 6) is 1.40. The van der Waals surface area contributed by atoms with E-state index >= 15 is 0 Å². The average Bonchev–Trinajstić information content (AvgIpc) is 2.41. The second kappa shape index (κ2) is 7.13. The largest absolute Gasteiger partial charge is 0.494 e. The van der Waals surface area contributed by atoms with Crippen LogP contribution >= 0.6 is 0 Å². The van der Waals surface area contributed by atoms with Crippen molar-refractivity contribution in [3.63, 3.8) is 0 Å². The molecule has 1 aromatic carbocycles. The van der Waals surface area contributed by atoms with Gasteiger partial charge < -0.3 is 9.64 Å². The molecule has 0 aliphatic heterocycles. The number of nitrogens with zero attached hydrogens (tertiary/aromatic N) is 1. The second-order valence-corrected chi connectivity index (χ2v) is 5.76. The van der Waals surface area contributed by atoms with Crippen molar-refractivity contribution in [1.29, 1.82) is 5.41 Å². The van der Waals surface area contributed by atoms with Gasteiger partial charge in [-0.15, -0.1) is 0 Å². The third kappa shape index (κ3) is 4.41. The molecule has 0 fully saturated rings. The Morgan fingerprint density at radius 2 is 1.85 bits per heavy atom. The minimum absolute atomic E-state index is 0.104. The quantitative estimate of drug-likeness (QED) is 0.578. The lowest BCUT2D eigenvalue weighted by Crippen LogP contribution is -2.19. The minimum atomic E-state index is 0.104. The standard InChI is InChI=1S/C17H26N2O/c1-6-20-16-9-7-15(8-10-16)19(13-18)12-11-17(4,5)14(2)3/h7-14,18H,6H2,1-5H3/b12-11-,18-13?. The summed E-state index contributed by atoms with van der Waals surface area (Å²) in [5, 5.41) is 7.57. The normalized spacial score (nSPS) is 11.9. The number of nitrogens with one attached hydrogen (secondary N) is 1. The topological polar surface area (TPSA) is 36.3 Å². The van der Waals surface area contributed by atoms with Crippen LogP contribution in [-0.4, -0.2) is 12.9 Å². The van der Waals surface area contributed by atoms with Gasteiger partial charge in [-0.3, -0.25) is 5.41 Å². The van der Waals surface area contributed by atoms with Crippen molar-refractivity contribution in [3.05, 3.63) is 36.5 Å². The zero-order valence-electron chi connectivity index (χ0n) is 13.2. The molecule has 0 spiro atoms. The molecule has 0 aliphatic carbocycles. The van der Waals surface area contributed by atoms with Crippen molar-refractivity contribution >= 4 is 12.0 Å². The Kier molecular flexibility index (Phi) is 5.81. The van der Waals surface area contributed by atoms with Gasteiger partial charge in [-0.25, -0.2) is 0 Å². The van der Waals surface area contributed by atoms with Gasteiger partial charge in [0.1, 0.15) is 5.75 Å². The Morgan fingerprint density at radius 1 is 1.25 bits per heavy atom. The maximum atomic E-state index is 7.57. The summed E-state index contributed by atoms with van der Waals surface area (Å²) in [7, 11) is 0. The highest BCUT2D eigenvalue weighted by Crippen LogP contribution is 2.28. The molecule has 110 valence electrons. The fourth-order valence-electron chi connectivity index (χ4n) is 1.55. The van der Waals surface area contributed by atoms with Crippen molar-refractivity contribution in [2.75, 3.05) is 11.5 Å². The Bertz CT molecular complexity index is 447. The lowest BCUT2D eigenvalue weighted by atomic mass is 9.81. The van der Waals surface area contributed by atoms with Gasteiger partial charge in [0.05, 0.1) is 12.9 Å². The molecule has 0 bridgehead atoms. The van der Waals surface area contributed by atoms with Gasteiger partial charge in [0.2, 0.25) is 0 Å². The highest BCUT2D eigenvalue weighted by Gasteiger charge is 2.18. The molecule has 1 N–H and O–H groups in total. The molecule has 0 saturated carbocycles. The van der Waals surface area contributed by atoms with Crippen molar-refractivity contribution in [2.45, 2.75) is 34.6 Å². The number of hydrogen-bond donors (Lipinski definition) is 1. The summed E-state index contributed by atoms with van der Waals surface area (Å²) in [4.78, 5) is 1.81. The molecule has 3 heteroatoms. The van der Waals surface area contributed by atoms with Gasteiger partial charge in [-0.2, -0.15) is 0 Å². The van der Waals surface area contributed by atoms with Crippen LogP contribution in [-0.2, 0) is 0 Å². The second-order valence-electron chi connectivity index (χ2n) is 5.76. The highest BCUT2D eigenvalue weighted by atomic mass is 16.5. The Labute approximate surface area is 122 Å². The van der Waals surface area contributed by atoms with Crippen LogP contribution in [0.1, 0.15) is 34.6 Å². The van der Waals surface area contributed by atoms with Crippen LogP contribution in [0.15, 0.2) is 36.5 Å². The van der Waals surface area contributed by atoms with E-state index in [0.29, 0.717) is 12.5 Å². The Hall–Kier alpha value is -1.77. The van der Waals surface area contributed by atoms with Crippen molar-refractivity contribution < 1.29 is 4.74 Å². The van der Waals surface area contributed by atoms with Crippen LogP contribution in [0.3, 0.4) is 0 Å². The van der Waals surface area contributed by atoms with Gasteiger partial charge in [-0.05, 0) is 42.5 Å². The summed E-state index contributed by atoms with van der Waals surface area (Å²) in [6, 6.07) is 7.78. The molecule has 0 amide bonds. The van der Waals surface area contributed by atoms with Crippen molar-refractivity contribution in [2.24, 2.45) is 11.3 Å². The predicted molar refractivity (Wildman–Crippen MR) is 86.6 cm³/mol. The lowest BCUT2D eigenvalue weighted by Gasteiger charge is -2.26. The van der Waals surface area contributed by atoms with Crippen LogP contribution < -0.4 is 9.64 Å². The average molecular weight is 274 g/mol. The van der Waals surface area contributed by atoms with E-state index in [2.05, 4.69) is 33.8 Å². The number of allylic oxidation sites excluding steroid dienone is 1. The molecule has 0 aliphatic rings. The van der Waals surface area contributed by atoms with E-state index < -0.39 is 0 Å². The summed E-state index contributed by atoms with van der Waals surface area (Å²) in [6.45, 7) is 11.4. The molecule has 1 aromatic rings. The van der Waals surface area contributed by atoms with Crippen LogP contribution in [0.5, 0.6) is 5.75 Å². The van der Waals surface area contributed by atoms with E-state index in [1.165, 1.54) is 6.34 Å². The van der Waals surface area contributed by atoms with Crippen LogP contribution in [0.4, 0.5) is 5.69 Å². The van der Waals surface area contributed by atoms with Crippen LogP contribution in [0.25, 0.3) is 0 Å². The lowest BCUT2D eigenvalue weighted by molar-refractivity contribution is 0.332. The van der Waals surface area contributed by atoms with E-state index in [9.17, 15) is 0 Å². The first-order valence-corrected chi connectivity index (χ1v) is 7.12. The third-order valence-corrected chi connectivity index (χ3v) is 3.74. The van der Waals surface area contributed by atoms with Crippen molar-refractivity contribution in [1.82, 2.24) is 0 Å². The Morgan fingerprint density at radius 3 is 2.30 bits per heavy atom. The van der Waals surface area contributed by atoms with Crippen LogP contribution in [0, 0.1) is 16.7 Å². The van der Waals surface area contributed by atoms with Crippen LogP contribution in [0.2, 0.25) is 0 Å². The third-order valence-electron chi connectivity index (χ3n) is 3.74. The van der Waals surface area contributed by atoms with Gasteiger partial charge in [0.25, 0.3) is 0 Å². The SMILES string of the molecule is CCOc1ccc(N(C=N)/C=C\C(C)(C)C(C)C)cc1. The smallest absolute Gasteiger partial charge is 0.119 e. The minimum Gasteiger partial charge on any atom is -0.494 e. The summed E-state index contributed by atoms with van der Waals surface area (Å²) in [6.07, 6.45) is 5.43.